The molecule has 0 heterocycles. The van der Waals surface area contributed by atoms with Crippen molar-refractivity contribution in [1.29, 1.82) is 0 Å². The lowest BCUT2D eigenvalue weighted by molar-refractivity contribution is -0.146. The lowest BCUT2D eigenvalue weighted by atomic mass is 10.2. The zero-order valence-electron chi connectivity index (χ0n) is 8.72. The Bertz CT molecular complexity index is 312. The molecule has 2 atom stereocenters. The van der Waals surface area contributed by atoms with Crippen molar-refractivity contribution in [3.05, 3.63) is 35.9 Å². The van der Waals surface area contributed by atoms with Gasteiger partial charge in [-0.15, -0.1) is 0 Å². The number of hydrogen-bond acceptors (Lipinski definition) is 4. The van der Waals surface area contributed by atoms with Gasteiger partial charge in [0.25, 0.3) is 0 Å². The van der Waals surface area contributed by atoms with E-state index in [1.165, 1.54) is 0 Å². The van der Waals surface area contributed by atoms with E-state index in [1.807, 2.05) is 30.3 Å². The van der Waals surface area contributed by atoms with Crippen molar-refractivity contribution in [1.82, 2.24) is 0 Å². The molecule has 1 aromatic carbocycles. The van der Waals surface area contributed by atoms with Gasteiger partial charge in [-0.2, -0.15) is 0 Å². The van der Waals surface area contributed by atoms with E-state index in [0.717, 1.165) is 5.56 Å². The molecule has 0 spiro atoms. The molecule has 4 nitrogen and oxygen atoms in total. The molecule has 0 amide bonds. The standard InChI is InChI=1S/C11H16N2O2/c1-8(12)10(13)11(14)15-7-9-5-3-2-4-6-9/h2-6,8,10H,7,12-13H2,1H3/t8?,10-/m1/s1. The van der Waals surface area contributed by atoms with Crippen LogP contribution in [0.2, 0.25) is 0 Å². The van der Waals surface area contributed by atoms with Crippen molar-refractivity contribution in [2.75, 3.05) is 0 Å². The predicted octanol–water partition coefficient (Wildman–Crippen LogP) is 0.404. The largest absolute Gasteiger partial charge is 0.460 e. The average Bonchev–Trinajstić information content (AvgIpc) is 2.26. The number of nitrogens with two attached hydrogens (primary N) is 2. The molecule has 4 N–H and O–H groups in total. The van der Waals surface area contributed by atoms with Gasteiger partial charge < -0.3 is 16.2 Å². The quantitative estimate of drug-likeness (QED) is 0.702. The summed E-state index contributed by atoms with van der Waals surface area (Å²) in [4.78, 5) is 11.3. The normalized spacial score (nSPS) is 14.3. The highest BCUT2D eigenvalue weighted by Crippen LogP contribution is 2.01. The Morgan fingerprint density at radius 3 is 2.47 bits per heavy atom. The first kappa shape index (κ1) is 11.7. The zero-order chi connectivity index (χ0) is 11.3. The van der Waals surface area contributed by atoms with E-state index in [2.05, 4.69) is 0 Å². The van der Waals surface area contributed by atoms with E-state index in [9.17, 15) is 4.79 Å². The van der Waals surface area contributed by atoms with E-state index in [-0.39, 0.29) is 6.61 Å². The molecule has 0 aromatic heterocycles. The monoisotopic (exact) mass is 208 g/mol. The lowest BCUT2D eigenvalue weighted by Gasteiger charge is -2.14. The highest BCUT2D eigenvalue weighted by atomic mass is 16.5. The van der Waals surface area contributed by atoms with Crippen molar-refractivity contribution in [3.63, 3.8) is 0 Å². The molecule has 4 heteroatoms. The number of hydrogen-bond donors (Lipinski definition) is 2. The van der Waals surface area contributed by atoms with Crippen molar-refractivity contribution >= 4 is 5.97 Å². The smallest absolute Gasteiger partial charge is 0.324 e. The zero-order valence-corrected chi connectivity index (χ0v) is 8.72. The van der Waals surface area contributed by atoms with Gasteiger partial charge in [-0.05, 0) is 12.5 Å². The fourth-order valence-corrected chi connectivity index (χ4v) is 1.04. The molecule has 1 unspecified atom stereocenters. The highest BCUT2D eigenvalue weighted by molar-refractivity contribution is 5.76. The van der Waals surface area contributed by atoms with Crippen molar-refractivity contribution in [2.45, 2.75) is 25.6 Å². The van der Waals surface area contributed by atoms with Crippen LogP contribution in [0.1, 0.15) is 12.5 Å². The van der Waals surface area contributed by atoms with E-state index in [4.69, 9.17) is 16.2 Å². The minimum absolute atomic E-state index is 0.236. The molecule has 0 saturated heterocycles. The Kier molecular flexibility index (Phi) is 4.27. The third-order valence-electron chi connectivity index (χ3n) is 2.06. The Morgan fingerprint density at radius 2 is 1.93 bits per heavy atom. The van der Waals surface area contributed by atoms with E-state index in [0.29, 0.717) is 0 Å². The van der Waals surface area contributed by atoms with E-state index < -0.39 is 18.1 Å². The number of carbonyl (C=O) groups is 1. The molecule has 0 aliphatic heterocycles. The molecule has 15 heavy (non-hydrogen) atoms. The van der Waals surface area contributed by atoms with Crippen LogP contribution in [0.5, 0.6) is 0 Å². The van der Waals surface area contributed by atoms with Gasteiger partial charge in [0.2, 0.25) is 0 Å². The third-order valence-corrected chi connectivity index (χ3v) is 2.06. The Hall–Kier alpha value is -1.39. The van der Waals surface area contributed by atoms with Crippen molar-refractivity contribution in [3.8, 4) is 0 Å². The molecule has 0 fully saturated rings. The van der Waals surface area contributed by atoms with Gasteiger partial charge in [-0.3, -0.25) is 4.79 Å². The van der Waals surface area contributed by atoms with Gasteiger partial charge in [0.05, 0.1) is 0 Å². The summed E-state index contributed by atoms with van der Waals surface area (Å²) in [7, 11) is 0. The molecular formula is C11H16N2O2. The molecule has 0 bridgehead atoms. The molecule has 82 valence electrons. The van der Waals surface area contributed by atoms with Gasteiger partial charge in [-0.1, -0.05) is 30.3 Å². The Balaban J connectivity index is 2.41. The lowest BCUT2D eigenvalue weighted by Crippen LogP contribution is -2.46. The van der Waals surface area contributed by atoms with Gasteiger partial charge in [0.15, 0.2) is 0 Å². The molecule has 0 radical (unpaired) electrons. The molecule has 0 saturated carbocycles. The van der Waals surface area contributed by atoms with Gasteiger partial charge in [0.1, 0.15) is 12.6 Å². The van der Waals surface area contributed by atoms with Gasteiger partial charge in [-0.25, -0.2) is 0 Å². The second-order valence-corrected chi connectivity index (χ2v) is 3.48. The van der Waals surface area contributed by atoms with Crippen LogP contribution in [0.25, 0.3) is 0 Å². The fourth-order valence-electron chi connectivity index (χ4n) is 1.04. The first-order chi connectivity index (χ1) is 7.11. The van der Waals surface area contributed by atoms with E-state index in [1.54, 1.807) is 6.92 Å². The molecule has 1 rings (SSSR count). The maximum absolute atomic E-state index is 11.3. The third kappa shape index (κ3) is 3.69. The number of esters is 1. The van der Waals surface area contributed by atoms with Crippen LogP contribution < -0.4 is 11.5 Å². The summed E-state index contributed by atoms with van der Waals surface area (Å²) in [5, 5.41) is 0. The van der Waals surface area contributed by atoms with Crippen LogP contribution in [-0.2, 0) is 16.1 Å². The molecule has 0 aliphatic carbocycles. The molecule has 1 aromatic rings. The fraction of sp³-hybridized carbons (Fsp3) is 0.364. The maximum atomic E-state index is 11.3. The summed E-state index contributed by atoms with van der Waals surface area (Å²) in [5.74, 6) is -0.464. The van der Waals surface area contributed by atoms with Gasteiger partial charge >= 0.3 is 5.97 Å². The Labute approximate surface area is 89.2 Å². The van der Waals surface area contributed by atoms with Crippen LogP contribution in [0.3, 0.4) is 0 Å². The summed E-state index contributed by atoms with van der Waals surface area (Å²) in [6.07, 6.45) is 0. The first-order valence-electron chi connectivity index (χ1n) is 4.83. The number of benzene rings is 1. The Morgan fingerprint density at radius 1 is 1.33 bits per heavy atom. The minimum atomic E-state index is -0.756. The SMILES string of the molecule is CC(N)[C@@H](N)C(=O)OCc1ccccc1. The molecular weight excluding hydrogens is 192 g/mol. The summed E-state index contributed by atoms with van der Waals surface area (Å²) in [6, 6.07) is 8.28. The second-order valence-electron chi connectivity index (χ2n) is 3.48. The highest BCUT2D eigenvalue weighted by Gasteiger charge is 2.18. The van der Waals surface area contributed by atoms with Crippen LogP contribution in [-0.4, -0.2) is 18.1 Å². The number of rotatable bonds is 4. The summed E-state index contributed by atoms with van der Waals surface area (Å²) < 4.78 is 5.01. The van der Waals surface area contributed by atoms with Crippen molar-refractivity contribution < 1.29 is 9.53 Å². The topological polar surface area (TPSA) is 78.3 Å². The average molecular weight is 208 g/mol. The molecule has 0 aliphatic rings. The van der Waals surface area contributed by atoms with Crippen LogP contribution in [0.15, 0.2) is 30.3 Å². The first-order valence-corrected chi connectivity index (χ1v) is 4.83. The maximum Gasteiger partial charge on any atom is 0.324 e. The van der Waals surface area contributed by atoms with Gasteiger partial charge in [0, 0.05) is 6.04 Å². The van der Waals surface area contributed by atoms with Crippen LogP contribution in [0.4, 0.5) is 0 Å². The second kappa shape index (κ2) is 5.48. The van der Waals surface area contributed by atoms with Crippen LogP contribution in [0, 0.1) is 0 Å². The van der Waals surface area contributed by atoms with Crippen molar-refractivity contribution in [2.24, 2.45) is 11.5 Å². The summed E-state index contributed by atoms with van der Waals surface area (Å²) in [5.41, 5.74) is 11.9. The number of carbonyl (C=O) groups excluding carboxylic acids is 1. The number of ether oxygens (including phenoxy) is 1. The summed E-state index contributed by atoms with van der Waals surface area (Å²) in [6.45, 7) is 1.91. The minimum Gasteiger partial charge on any atom is -0.460 e. The van der Waals surface area contributed by atoms with E-state index >= 15 is 0 Å². The van der Waals surface area contributed by atoms with Crippen LogP contribution >= 0.6 is 0 Å². The summed E-state index contributed by atoms with van der Waals surface area (Å²) >= 11 is 0. The predicted molar refractivity (Wildman–Crippen MR) is 57.9 cm³/mol.